The summed E-state index contributed by atoms with van der Waals surface area (Å²) in [5.41, 5.74) is 2.70. The van der Waals surface area contributed by atoms with Crippen LogP contribution in [0.4, 0.5) is 10.8 Å². The van der Waals surface area contributed by atoms with Gasteiger partial charge < -0.3 is 10.2 Å². The Balaban J connectivity index is 1.37. The van der Waals surface area contributed by atoms with Gasteiger partial charge in [-0.25, -0.2) is 4.98 Å². The van der Waals surface area contributed by atoms with Crippen molar-refractivity contribution in [1.29, 1.82) is 5.26 Å². The minimum atomic E-state index is -0.220. The van der Waals surface area contributed by atoms with Gasteiger partial charge in [0.05, 0.1) is 27.9 Å². The zero-order chi connectivity index (χ0) is 20.2. The maximum absolute atomic E-state index is 12.8. The molecule has 1 amide bonds. The highest BCUT2D eigenvalue weighted by Gasteiger charge is 2.25. The molecular weight excluding hydrogens is 382 g/mol. The van der Waals surface area contributed by atoms with E-state index in [0.29, 0.717) is 10.7 Å². The van der Waals surface area contributed by atoms with E-state index >= 15 is 0 Å². The molecule has 0 bridgehead atoms. The number of nitrogens with one attached hydrogen (secondary N) is 1. The number of carbonyl (C=O) groups is 1. The van der Waals surface area contributed by atoms with E-state index in [1.165, 1.54) is 11.3 Å². The standard InChI is InChI=1S/C22H23N5OS/c1-16(21(28)25-22-24-19-5-2-3-6-20(19)29-22)26-11-4-12-27(14-13-26)18-9-7-17(15-23)8-10-18/h2-3,5-10,16H,4,11-14H2,1H3,(H,24,25,28). The Bertz CT molecular complexity index is 1010. The second-order valence-electron chi connectivity index (χ2n) is 7.19. The molecular formula is C22H23N5OS. The number of hydrogen-bond acceptors (Lipinski definition) is 6. The summed E-state index contributed by atoms with van der Waals surface area (Å²) in [6, 6.07) is 17.5. The summed E-state index contributed by atoms with van der Waals surface area (Å²) >= 11 is 1.50. The lowest BCUT2D eigenvalue weighted by Crippen LogP contribution is -2.43. The summed E-state index contributed by atoms with van der Waals surface area (Å²) < 4.78 is 1.07. The lowest BCUT2D eigenvalue weighted by Gasteiger charge is -2.27. The Kier molecular flexibility index (Phi) is 5.74. The zero-order valence-electron chi connectivity index (χ0n) is 16.3. The van der Waals surface area contributed by atoms with Gasteiger partial charge in [0.2, 0.25) is 5.91 Å². The smallest absolute Gasteiger partial charge is 0.243 e. The molecule has 0 radical (unpaired) electrons. The van der Waals surface area contributed by atoms with Crippen LogP contribution >= 0.6 is 11.3 Å². The van der Waals surface area contributed by atoms with E-state index in [1.54, 1.807) is 0 Å². The monoisotopic (exact) mass is 405 g/mol. The van der Waals surface area contributed by atoms with E-state index < -0.39 is 0 Å². The van der Waals surface area contributed by atoms with Crippen molar-refractivity contribution in [3.05, 3.63) is 54.1 Å². The van der Waals surface area contributed by atoms with Gasteiger partial charge in [-0.05, 0) is 49.7 Å². The number of nitriles is 1. The second-order valence-corrected chi connectivity index (χ2v) is 8.22. The molecule has 1 saturated heterocycles. The van der Waals surface area contributed by atoms with Gasteiger partial charge in [-0.1, -0.05) is 23.5 Å². The first-order chi connectivity index (χ1) is 14.1. The molecule has 148 valence electrons. The minimum Gasteiger partial charge on any atom is -0.370 e. The third-order valence-electron chi connectivity index (χ3n) is 5.34. The fraction of sp³-hybridized carbons (Fsp3) is 0.318. The van der Waals surface area contributed by atoms with Gasteiger partial charge in [-0.3, -0.25) is 9.69 Å². The summed E-state index contributed by atoms with van der Waals surface area (Å²) in [6.07, 6.45) is 0.985. The van der Waals surface area contributed by atoms with Crippen molar-refractivity contribution < 1.29 is 4.79 Å². The summed E-state index contributed by atoms with van der Waals surface area (Å²) in [4.78, 5) is 21.8. The van der Waals surface area contributed by atoms with Gasteiger partial charge in [0.15, 0.2) is 5.13 Å². The Morgan fingerprint density at radius 1 is 1.14 bits per heavy atom. The largest absolute Gasteiger partial charge is 0.370 e. The van der Waals surface area contributed by atoms with Crippen LogP contribution < -0.4 is 10.2 Å². The van der Waals surface area contributed by atoms with Crippen molar-refractivity contribution in [3.63, 3.8) is 0 Å². The van der Waals surface area contributed by atoms with Crippen LogP contribution in [0.3, 0.4) is 0 Å². The summed E-state index contributed by atoms with van der Waals surface area (Å²) in [6.45, 7) is 5.44. The Morgan fingerprint density at radius 3 is 2.69 bits per heavy atom. The quantitative estimate of drug-likeness (QED) is 0.716. The molecule has 29 heavy (non-hydrogen) atoms. The normalized spacial score (nSPS) is 16.2. The van der Waals surface area contributed by atoms with Crippen LogP contribution in [0.15, 0.2) is 48.5 Å². The number of aromatic nitrogens is 1. The number of amides is 1. The first kappa shape index (κ1) is 19.4. The van der Waals surface area contributed by atoms with Crippen molar-refractivity contribution >= 4 is 38.3 Å². The van der Waals surface area contributed by atoms with Gasteiger partial charge in [-0.15, -0.1) is 0 Å². The van der Waals surface area contributed by atoms with Crippen LogP contribution in [-0.4, -0.2) is 48.0 Å². The third-order valence-corrected chi connectivity index (χ3v) is 6.30. The number of para-hydroxylation sites is 1. The van der Waals surface area contributed by atoms with Crippen molar-refractivity contribution in [2.45, 2.75) is 19.4 Å². The molecule has 0 spiro atoms. The van der Waals surface area contributed by atoms with E-state index in [4.69, 9.17) is 5.26 Å². The molecule has 2 aromatic carbocycles. The maximum Gasteiger partial charge on any atom is 0.243 e. The fourth-order valence-electron chi connectivity index (χ4n) is 3.63. The highest BCUT2D eigenvalue weighted by molar-refractivity contribution is 7.22. The van der Waals surface area contributed by atoms with Crippen molar-refractivity contribution in [1.82, 2.24) is 9.88 Å². The Hall–Kier alpha value is -2.95. The topological polar surface area (TPSA) is 72.3 Å². The molecule has 1 unspecified atom stereocenters. The molecule has 1 aromatic heterocycles. The molecule has 1 atom stereocenters. The van der Waals surface area contributed by atoms with E-state index in [-0.39, 0.29) is 11.9 Å². The number of nitrogens with zero attached hydrogens (tertiary/aromatic N) is 4. The van der Waals surface area contributed by atoms with E-state index in [0.717, 1.165) is 48.5 Å². The number of carbonyl (C=O) groups excluding carboxylic acids is 1. The third kappa shape index (κ3) is 4.39. The van der Waals surface area contributed by atoms with Gasteiger partial charge in [-0.2, -0.15) is 5.26 Å². The van der Waals surface area contributed by atoms with Crippen molar-refractivity contribution in [2.24, 2.45) is 0 Å². The summed E-state index contributed by atoms with van der Waals surface area (Å²) in [5, 5.41) is 12.6. The van der Waals surface area contributed by atoms with Crippen LogP contribution in [0.2, 0.25) is 0 Å². The Labute approximate surface area is 174 Å². The fourth-order valence-corrected chi connectivity index (χ4v) is 4.50. The number of rotatable bonds is 4. The average molecular weight is 406 g/mol. The van der Waals surface area contributed by atoms with Crippen molar-refractivity contribution in [3.8, 4) is 6.07 Å². The molecule has 1 N–H and O–H groups in total. The predicted octanol–water partition coefficient (Wildman–Crippen LogP) is 3.71. The van der Waals surface area contributed by atoms with Gasteiger partial charge >= 0.3 is 0 Å². The van der Waals surface area contributed by atoms with Crippen LogP contribution in [0.1, 0.15) is 18.9 Å². The van der Waals surface area contributed by atoms with E-state index in [9.17, 15) is 4.79 Å². The summed E-state index contributed by atoms with van der Waals surface area (Å²) in [7, 11) is 0. The van der Waals surface area contributed by atoms with Crippen LogP contribution in [0.5, 0.6) is 0 Å². The van der Waals surface area contributed by atoms with Crippen LogP contribution in [0.25, 0.3) is 10.2 Å². The molecule has 7 heteroatoms. The van der Waals surface area contributed by atoms with Gasteiger partial charge in [0.1, 0.15) is 0 Å². The number of benzene rings is 2. The molecule has 1 aliphatic heterocycles. The Morgan fingerprint density at radius 2 is 1.93 bits per heavy atom. The van der Waals surface area contributed by atoms with E-state index in [1.807, 2.05) is 55.5 Å². The lowest BCUT2D eigenvalue weighted by molar-refractivity contribution is -0.120. The molecule has 1 fully saturated rings. The van der Waals surface area contributed by atoms with Crippen molar-refractivity contribution in [2.75, 3.05) is 36.4 Å². The summed E-state index contributed by atoms with van der Waals surface area (Å²) in [5.74, 6) is -0.0177. The van der Waals surface area contributed by atoms with E-state index in [2.05, 4.69) is 26.2 Å². The highest BCUT2D eigenvalue weighted by Crippen LogP contribution is 2.26. The first-order valence-electron chi connectivity index (χ1n) is 9.79. The number of fused-ring (bicyclic) bond motifs is 1. The van der Waals surface area contributed by atoms with Gasteiger partial charge in [0, 0.05) is 31.9 Å². The molecule has 3 aromatic rings. The van der Waals surface area contributed by atoms with Crippen LogP contribution in [0, 0.1) is 11.3 Å². The number of thiazole rings is 1. The average Bonchev–Trinajstić information content (AvgIpc) is 2.99. The minimum absolute atomic E-state index is 0.0177. The molecule has 4 rings (SSSR count). The SMILES string of the molecule is CC(C(=O)Nc1nc2ccccc2s1)N1CCCN(c2ccc(C#N)cc2)CC1. The zero-order valence-corrected chi connectivity index (χ0v) is 17.2. The number of hydrogen-bond donors (Lipinski definition) is 1. The number of anilines is 2. The molecule has 2 heterocycles. The predicted molar refractivity (Wildman–Crippen MR) is 117 cm³/mol. The lowest BCUT2D eigenvalue weighted by atomic mass is 10.2. The molecule has 6 nitrogen and oxygen atoms in total. The maximum atomic E-state index is 12.8. The molecule has 0 saturated carbocycles. The molecule has 1 aliphatic rings. The second kappa shape index (κ2) is 8.60. The van der Waals surface area contributed by atoms with Crippen LogP contribution in [-0.2, 0) is 4.79 Å². The van der Waals surface area contributed by atoms with Gasteiger partial charge in [0.25, 0.3) is 0 Å². The highest BCUT2D eigenvalue weighted by atomic mass is 32.1. The molecule has 0 aliphatic carbocycles. The first-order valence-corrected chi connectivity index (χ1v) is 10.6.